The second-order valence-corrected chi connectivity index (χ2v) is 21.4. The summed E-state index contributed by atoms with van der Waals surface area (Å²) in [5.41, 5.74) is 3.33. The van der Waals surface area contributed by atoms with Gasteiger partial charge in [0.1, 0.15) is 35.8 Å². The molecule has 0 saturated heterocycles. The van der Waals surface area contributed by atoms with Crippen LogP contribution in [-0.2, 0) is 21.5 Å². The van der Waals surface area contributed by atoms with Gasteiger partial charge in [0.25, 0.3) is 15.6 Å². The van der Waals surface area contributed by atoms with Gasteiger partial charge in [0.15, 0.2) is 5.82 Å². The van der Waals surface area contributed by atoms with E-state index in [0.717, 1.165) is 15.7 Å². The van der Waals surface area contributed by atoms with Crippen LogP contribution in [0.3, 0.4) is 0 Å². The topological polar surface area (TPSA) is 152 Å². The Morgan fingerprint density at radius 3 is 2.51 bits per heavy atom. The smallest absolute Gasteiger partial charge is 0.283 e. The number of ether oxygens (including phenoxy) is 2. The van der Waals surface area contributed by atoms with Gasteiger partial charge in [-0.25, -0.2) is 14.5 Å². The molecule has 1 atom stereocenters. The number of benzene rings is 2. The minimum Gasteiger partial charge on any atom is -0.497 e. The molecule has 0 aliphatic rings. The Kier molecular flexibility index (Phi) is 9.52. The van der Waals surface area contributed by atoms with Gasteiger partial charge >= 0.3 is 0 Å². The quantitative estimate of drug-likeness (QED) is 0.108. The van der Waals surface area contributed by atoms with Crippen LogP contribution in [0.15, 0.2) is 101 Å². The number of rotatable bonds is 13. The van der Waals surface area contributed by atoms with Gasteiger partial charge in [-0.1, -0.05) is 43.9 Å². The lowest BCUT2D eigenvalue weighted by molar-refractivity contribution is 0.0899. The summed E-state index contributed by atoms with van der Waals surface area (Å²) < 4.78 is 44.7. The van der Waals surface area contributed by atoms with E-state index in [9.17, 15) is 13.2 Å². The summed E-state index contributed by atoms with van der Waals surface area (Å²) in [5, 5.41) is 13.5. The van der Waals surface area contributed by atoms with Crippen LogP contribution in [-0.4, -0.2) is 68.1 Å². The molecule has 0 aliphatic heterocycles. The number of aryl methyl sites for hydroxylation is 1. The second kappa shape index (κ2) is 14.1. The lowest BCUT2D eigenvalue weighted by Gasteiger charge is -2.20. The average molecular weight is 752 g/mol. The van der Waals surface area contributed by atoms with Gasteiger partial charge in [0.05, 0.1) is 34.8 Å². The van der Waals surface area contributed by atoms with Crippen LogP contribution >= 0.6 is 0 Å². The first kappa shape index (κ1) is 35.8. The van der Waals surface area contributed by atoms with Crippen LogP contribution in [0.4, 0.5) is 5.82 Å². The molecule has 0 saturated carbocycles. The summed E-state index contributed by atoms with van der Waals surface area (Å²) in [6, 6.07) is 19.6. The molecule has 5 heterocycles. The molecule has 16 heteroatoms. The third kappa shape index (κ3) is 7.00. The van der Waals surface area contributed by atoms with E-state index in [-0.39, 0.29) is 17.2 Å². The standard InChI is InChI=1S/C37H41N9O5SSi/c1-25-15-17-44-33(25)37(47)46(27-11-8-7-9-12-27)35(42-44)26(2)40-34-32-30(22-43(36(32)39-23-38-34)24-51-19-20-53(4,5)6)31-16-18-45(41-31)52(48,49)29-14-10-13-28(21-29)50-3/h7-18,21-23,26H,19-20,24H2,1-6H3,(H,38,39,40). The van der Waals surface area contributed by atoms with Crippen molar-refractivity contribution in [3.05, 3.63) is 113 Å². The fourth-order valence-corrected chi connectivity index (χ4v) is 8.03. The van der Waals surface area contributed by atoms with Crippen molar-refractivity contribution in [1.82, 2.24) is 37.9 Å². The molecule has 7 rings (SSSR count). The first-order chi connectivity index (χ1) is 25.4. The lowest BCUT2D eigenvalue weighted by Crippen LogP contribution is -2.29. The molecule has 0 radical (unpaired) electrons. The SMILES string of the molecule is COc1cccc(S(=O)(=O)n2ccc(-c3cn(COCC[Si](C)(C)C)c4ncnc(NC(C)c5nn6ccc(C)c6c(=O)n5-c5ccccc5)c34)n2)c1. The zero-order valence-electron chi connectivity index (χ0n) is 30.4. The van der Waals surface area contributed by atoms with E-state index in [1.54, 1.807) is 33.5 Å². The van der Waals surface area contributed by atoms with Crippen LogP contribution < -0.4 is 15.6 Å². The highest BCUT2D eigenvalue weighted by atomic mass is 32.2. The highest BCUT2D eigenvalue weighted by Gasteiger charge is 2.25. The summed E-state index contributed by atoms with van der Waals surface area (Å²) in [6.45, 7) is 11.5. The molecule has 5 aromatic heterocycles. The van der Waals surface area contributed by atoms with Crippen LogP contribution in [0.2, 0.25) is 25.7 Å². The monoisotopic (exact) mass is 751 g/mol. The van der Waals surface area contributed by atoms with Crippen molar-refractivity contribution in [2.45, 2.75) is 57.2 Å². The van der Waals surface area contributed by atoms with E-state index < -0.39 is 24.1 Å². The fourth-order valence-electron chi connectivity index (χ4n) is 6.13. The average Bonchev–Trinajstić information content (AvgIpc) is 3.88. The third-order valence-electron chi connectivity index (χ3n) is 8.98. The molecule has 2 aromatic carbocycles. The van der Waals surface area contributed by atoms with Gasteiger partial charge in [-0.2, -0.15) is 22.7 Å². The number of methoxy groups -OCH3 is 1. The summed E-state index contributed by atoms with van der Waals surface area (Å²) in [4.78, 5) is 23.4. The maximum atomic E-state index is 14.0. The Labute approximate surface area is 307 Å². The number of hydrogen-bond acceptors (Lipinski definition) is 10. The first-order valence-corrected chi connectivity index (χ1v) is 22.3. The minimum absolute atomic E-state index is 0.0380. The van der Waals surface area contributed by atoms with Gasteiger partial charge in [0, 0.05) is 44.9 Å². The summed E-state index contributed by atoms with van der Waals surface area (Å²) in [6.07, 6.45) is 6.49. The van der Waals surface area contributed by atoms with Crippen molar-refractivity contribution in [1.29, 1.82) is 0 Å². The van der Waals surface area contributed by atoms with Gasteiger partial charge < -0.3 is 19.4 Å². The van der Waals surface area contributed by atoms with E-state index in [1.807, 2.05) is 61.0 Å². The molecule has 1 unspecified atom stereocenters. The van der Waals surface area contributed by atoms with E-state index in [0.29, 0.717) is 57.5 Å². The van der Waals surface area contributed by atoms with Crippen LogP contribution in [0.1, 0.15) is 24.4 Å². The van der Waals surface area contributed by atoms with Crippen LogP contribution in [0, 0.1) is 6.92 Å². The van der Waals surface area contributed by atoms with Crippen molar-refractivity contribution in [2.24, 2.45) is 0 Å². The zero-order valence-corrected chi connectivity index (χ0v) is 32.2. The Morgan fingerprint density at radius 2 is 1.75 bits per heavy atom. The molecule has 0 amide bonds. The Hall–Kier alpha value is -5.58. The first-order valence-electron chi connectivity index (χ1n) is 17.2. The number of para-hydroxylation sites is 1. The number of aromatic nitrogens is 8. The predicted octanol–water partition coefficient (Wildman–Crippen LogP) is 6.13. The van der Waals surface area contributed by atoms with E-state index in [2.05, 4.69) is 40.0 Å². The fraction of sp³-hybridized carbons (Fsp3) is 0.270. The summed E-state index contributed by atoms with van der Waals surface area (Å²) in [7, 11) is -3.90. The maximum absolute atomic E-state index is 14.0. The van der Waals surface area contributed by atoms with Crippen molar-refractivity contribution >= 4 is 40.5 Å². The molecule has 274 valence electrons. The molecule has 0 aliphatic carbocycles. The number of nitrogens with zero attached hydrogens (tertiary/aromatic N) is 8. The summed E-state index contributed by atoms with van der Waals surface area (Å²) in [5.74, 6) is 1.32. The molecular formula is C37H41N9O5SSi. The molecule has 7 aromatic rings. The lowest BCUT2D eigenvalue weighted by atomic mass is 10.1. The van der Waals surface area contributed by atoms with E-state index >= 15 is 0 Å². The molecule has 0 fully saturated rings. The van der Waals surface area contributed by atoms with Crippen molar-refractivity contribution in [3.8, 4) is 22.7 Å². The number of anilines is 1. The molecule has 0 bridgehead atoms. The number of hydrogen-bond donors (Lipinski definition) is 1. The predicted molar refractivity (Wildman–Crippen MR) is 206 cm³/mol. The Balaban J connectivity index is 1.33. The van der Waals surface area contributed by atoms with Crippen LogP contribution in [0.25, 0.3) is 33.5 Å². The van der Waals surface area contributed by atoms with Crippen molar-refractivity contribution in [3.63, 3.8) is 0 Å². The Bertz CT molecular complexity index is 2610. The third-order valence-corrected chi connectivity index (χ3v) is 12.2. The highest BCUT2D eigenvalue weighted by molar-refractivity contribution is 7.89. The largest absolute Gasteiger partial charge is 0.497 e. The van der Waals surface area contributed by atoms with Crippen molar-refractivity contribution < 1.29 is 17.9 Å². The highest BCUT2D eigenvalue weighted by Crippen LogP contribution is 2.35. The van der Waals surface area contributed by atoms with E-state index in [1.165, 1.54) is 31.8 Å². The summed E-state index contributed by atoms with van der Waals surface area (Å²) >= 11 is 0. The van der Waals surface area contributed by atoms with Crippen LogP contribution in [0.5, 0.6) is 5.75 Å². The van der Waals surface area contributed by atoms with E-state index in [4.69, 9.17) is 14.6 Å². The molecule has 1 N–H and O–H groups in total. The van der Waals surface area contributed by atoms with Gasteiger partial charge in [-0.05, 0) is 61.9 Å². The number of nitrogens with one attached hydrogen (secondary N) is 1. The molecule has 53 heavy (non-hydrogen) atoms. The normalized spacial score (nSPS) is 12.8. The molecule has 14 nitrogen and oxygen atoms in total. The minimum atomic E-state index is -4.05. The van der Waals surface area contributed by atoms with Gasteiger partial charge in [0.2, 0.25) is 0 Å². The molecular weight excluding hydrogens is 711 g/mol. The molecule has 0 spiro atoms. The van der Waals surface area contributed by atoms with Gasteiger partial charge in [-0.3, -0.25) is 9.36 Å². The second-order valence-electron chi connectivity index (χ2n) is 14.0. The maximum Gasteiger partial charge on any atom is 0.283 e. The Morgan fingerprint density at radius 1 is 0.962 bits per heavy atom. The zero-order chi connectivity index (χ0) is 37.5. The van der Waals surface area contributed by atoms with Gasteiger partial charge in [-0.15, -0.1) is 0 Å². The van der Waals surface area contributed by atoms with Crippen molar-refractivity contribution in [2.75, 3.05) is 19.0 Å². The number of fused-ring (bicyclic) bond motifs is 2.